The van der Waals surface area contributed by atoms with Gasteiger partial charge in [-0.05, 0) is 49.9 Å². The maximum absolute atomic E-state index is 6.10. The number of rotatable bonds is 4. The molecule has 0 radical (unpaired) electrons. The molecular weight excluding hydrogens is 370 g/mol. The van der Waals surface area contributed by atoms with Crippen molar-refractivity contribution in [3.8, 4) is 11.3 Å². The average molecular weight is 402 g/mol. The predicted octanol–water partition coefficient (Wildman–Crippen LogP) is 3.99. The fourth-order valence-electron chi connectivity index (χ4n) is 4.69. The minimum Gasteiger partial charge on any atom is -0.382 e. The van der Waals surface area contributed by atoms with E-state index >= 15 is 0 Å². The molecule has 0 atom stereocenters. The highest BCUT2D eigenvalue weighted by atomic mass is 15.2. The zero-order valence-electron chi connectivity index (χ0n) is 17.5. The molecule has 3 aromatic rings. The molecule has 2 aromatic carbocycles. The summed E-state index contributed by atoms with van der Waals surface area (Å²) < 4.78 is 0. The molecule has 0 bridgehead atoms. The molecule has 5 nitrogen and oxygen atoms in total. The van der Waals surface area contributed by atoms with E-state index in [0.717, 1.165) is 68.6 Å². The first-order valence-electron chi connectivity index (χ1n) is 11.2. The fraction of sp³-hybridized carbons (Fsp3) is 0.400. The summed E-state index contributed by atoms with van der Waals surface area (Å²) in [6.07, 6.45) is 4.46. The van der Waals surface area contributed by atoms with Crippen LogP contribution in [0, 0.1) is 0 Å². The van der Waals surface area contributed by atoms with Gasteiger partial charge in [0.25, 0.3) is 0 Å². The van der Waals surface area contributed by atoms with Crippen LogP contribution in [0.1, 0.15) is 25.7 Å². The number of pyridine rings is 1. The van der Waals surface area contributed by atoms with Crippen LogP contribution in [0.25, 0.3) is 22.2 Å². The van der Waals surface area contributed by atoms with Gasteiger partial charge in [0.1, 0.15) is 0 Å². The Labute approximate surface area is 178 Å². The molecule has 156 valence electrons. The van der Waals surface area contributed by atoms with Crippen LogP contribution in [0.2, 0.25) is 0 Å². The van der Waals surface area contributed by atoms with Crippen molar-refractivity contribution >= 4 is 22.3 Å². The third-order valence-corrected chi connectivity index (χ3v) is 6.49. The van der Waals surface area contributed by atoms with Gasteiger partial charge in [-0.2, -0.15) is 0 Å². The molecule has 1 saturated heterocycles. The highest BCUT2D eigenvalue weighted by molar-refractivity contribution is 5.94. The molecule has 2 heterocycles. The highest BCUT2D eigenvalue weighted by Crippen LogP contribution is 2.31. The van der Waals surface area contributed by atoms with E-state index < -0.39 is 0 Å². The van der Waals surface area contributed by atoms with Crippen molar-refractivity contribution in [2.24, 2.45) is 5.73 Å². The van der Waals surface area contributed by atoms with Gasteiger partial charge in [-0.3, -0.25) is 0 Å². The number of nitrogens with two attached hydrogens (primary N) is 1. The lowest BCUT2D eigenvalue weighted by atomic mass is 9.91. The molecule has 2 aliphatic rings. The van der Waals surface area contributed by atoms with E-state index in [4.69, 9.17) is 10.7 Å². The molecule has 0 unspecified atom stereocenters. The van der Waals surface area contributed by atoms with Crippen molar-refractivity contribution in [3.05, 3.63) is 54.6 Å². The van der Waals surface area contributed by atoms with E-state index in [1.54, 1.807) is 0 Å². The van der Waals surface area contributed by atoms with Gasteiger partial charge in [0, 0.05) is 60.6 Å². The van der Waals surface area contributed by atoms with Crippen LogP contribution in [0.15, 0.2) is 54.6 Å². The summed E-state index contributed by atoms with van der Waals surface area (Å²) >= 11 is 0. The molecule has 0 amide bonds. The van der Waals surface area contributed by atoms with E-state index in [9.17, 15) is 0 Å². The van der Waals surface area contributed by atoms with Crippen molar-refractivity contribution in [1.29, 1.82) is 0 Å². The van der Waals surface area contributed by atoms with Gasteiger partial charge in [-0.1, -0.05) is 30.3 Å². The second kappa shape index (κ2) is 8.62. The van der Waals surface area contributed by atoms with Gasteiger partial charge in [-0.25, -0.2) is 4.98 Å². The molecule has 5 rings (SSSR count). The number of nitrogens with zero attached hydrogens (tertiary/aromatic N) is 2. The van der Waals surface area contributed by atoms with Crippen molar-refractivity contribution < 1.29 is 0 Å². The highest BCUT2D eigenvalue weighted by Gasteiger charge is 2.19. The fourth-order valence-corrected chi connectivity index (χ4v) is 4.69. The summed E-state index contributed by atoms with van der Waals surface area (Å²) in [6.45, 7) is 4.23. The van der Waals surface area contributed by atoms with Gasteiger partial charge in [0.05, 0.1) is 11.2 Å². The van der Waals surface area contributed by atoms with E-state index in [1.165, 1.54) is 16.8 Å². The van der Waals surface area contributed by atoms with Crippen LogP contribution in [0.3, 0.4) is 0 Å². The Morgan fingerprint density at radius 1 is 0.933 bits per heavy atom. The Balaban J connectivity index is 1.44. The first kappa shape index (κ1) is 19.3. The first-order chi connectivity index (χ1) is 14.8. The third-order valence-electron chi connectivity index (χ3n) is 6.49. The first-order valence-corrected chi connectivity index (χ1v) is 11.2. The molecule has 1 aromatic heterocycles. The number of fused-ring (bicyclic) bond motifs is 1. The minimum absolute atomic E-state index is 0.363. The average Bonchev–Trinajstić information content (AvgIpc) is 2.81. The molecule has 5 heteroatoms. The number of aromatic nitrogens is 1. The molecule has 1 aliphatic carbocycles. The van der Waals surface area contributed by atoms with Crippen molar-refractivity contribution in [3.63, 3.8) is 0 Å². The summed E-state index contributed by atoms with van der Waals surface area (Å²) in [5.41, 5.74) is 11.8. The van der Waals surface area contributed by atoms with E-state index in [0.29, 0.717) is 12.1 Å². The van der Waals surface area contributed by atoms with Gasteiger partial charge in [0.2, 0.25) is 0 Å². The summed E-state index contributed by atoms with van der Waals surface area (Å²) in [5, 5.41) is 8.41. The Kier molecular flexibility index (Phi) is 5.56. The predicted molar refractivity (Wildman–Crippen MR) is 126 cm³/mol. The molecule has 4 N–H and O–H groups in total. The molecule has 0 spiro atoms. The normalized spacial score (nSPS) is 22.2. The molecule has 1 aliphatic heterocycles. The summed E-state index contributed by atoms with van der Waals surface area (Å²) in [7, 11) is 0. The Morgan fingerprint density at radius 3 is 2.43 bits per heavy atom. The molecule has 2 fully saturated rings. The molecule has 30 heavy (non-hydrogen) atoms. The van der Waals surface area contributed by atoms with E-state index in [-0.39, 0.29) is 0 Å². The zero-order chi connectivity index (χ0) is 20.3. The van der Waals surface area contributed by atoms with Crippen LogP contribution in [0.4, 0.5) is 11.4 Å². The number of para-hydroxylation sites is 1. The van der Waals surface area contributed by atoms with Crippen molar-refractivity contribution in [1.82, 2.24) is 10.3 Å². The maximum atomic E-state index is 6.10. The van der Waals surface area contributed by atoms with Gasteiger partial charge in [0.15, 0.2) is 0 Å². The standard InChI is InChI=1S/C25H31N5/c26-19-7-9-20(10-8-19)28-25-17-24(29-23-4-2-1-3-22(23)25)18-5-11-21(12-6-18)30-15-13-27-14-16-30/h1-6,11-12,17,19-20,27H,7-10,13-16,26H2,(H,28,29). The number of benzene rings is 2. The second-order valence-corrected chi connectivity index (χ2v) is 8.61. The number of anilines is 2. The number of hydrogen-bond donors (Lipinski definition) is 3. The zero-order valence-corrected chi connectivity index (χ0v) is 17.5. The second-order valence-electron chi connectivity index (χ2n) is 8.61. The lowest BCUT2D eigenvalue weighted by molar-refractivity contribution is 0.411. The largest absolute Gasteiger partial charge is 0.382 e. The monoisotopic (exact) mass is 401 g/mol. The van der Waals surface area contributed by atoms with Crippen LogP contribution >= 0.6 is 0 Å². The van der Waals surface area contributed by atoms with Gasteiger partial charge >= 0.3 is 0 Å². The van der Waals surface area contributed by atoms with Gasteiger partial charge < -0.3 is 21.3 Å². The van der Waals surface area contributed by atoms with Crippen LogP contribution in [-0.4, -0.2) is 43.2 Å². The van der Waals surface area contributed by atoms with Gasteiger partial charge in [-0.15, -0.1) is 0 Å². The molecule has 1 saturated carbocycles. The van der Waals surface area contributed by atoms with E-state index in [2.05, 4.69) is 70.1 Å². The summed E-state index contributed by atoms with van der Waals surface area (Å²) in [6, 6.07) is 20.4. The summed E-state index contributed by atoms with van der Waals surface area (Å²) in [5.74, 6) is 0. The maximum Gasteiger partial charge on any atom is 0.0730 e. The van der Waals surface area contributed by atoms with Crippen LogP contribution in [-0.2, 0) is 0 Å². The smallest absolute Gasteiger partial charge is 0.0730 e. The minimum atomic E-state index is 0.363. The van der Waals surface area contributed by atoms with Crippen molar-refractivity contribution in [2.45, 2.75) is 37.8 Å². The topological polar surface area (TPSA) is 66.2 Å². The lowest BCUT2D eigenvalue weighted by Crippen LogP contribution is -2.43. The Bertz CT molecular complexity index is 986. The Hall–Kier alpha value is -2.63. The quantitative estimate of drug-likeness (QED) is 0.617. The van der Waals surface area contributed by atoms with Crippen LogP contribution < -0.4 is 21.3 Å². The Morgan fingerprint density at radius 2 is 1.67 bits per heavy atom. The lowest BCUT2D eigenvalue weighted by Gasteiger charge is -2.29. The van der Waals surface area contributed by atoms with E-state index in [1.807, 2.05) is 0 Å². The number of nitrogens with one attached hydrogen (secondary N) is 2. The van der Waals surface area contributed by atoms with Crippen molar-refractivity contribution in [2.75, 3.05) is 36.4 Å². The number of piperazine rings is 1. The number of hydrogen-bond acceptors (Lipinski definition) is 5. The summed E-state index contributed by atoms with van der Waals surface area (Å²) in [4.78, 5) is 7.41. The molecular formula is C25H31N5. The van der Waals surface area contributed by atoms with Crippen LogP contribution in [0.5, 0.6) is 0 Å². The SMILES string of the molecule is NC1CCC(Nc2cc(-c3ccc(N4CCNCC4)cc3)nc3ccccc23)CC1. The third kappa shape index (κ3) is 4.13.